The number of ether oxygens (including phenoxy) is 1. The molecule has 0 atom stereocenters. The van der Waals surface area contributed by atoms with Gasteiger partial charge in [-0.1, -0.05) is 45.9 Å². The van der Waals surface area contributed by atoms with E-state index < -0.39 is 0 Å². The molecular weight excluding hydrogens is 417 g/mol. The van der Waals surface area contributed by atoms with Crippen LogP contribution in [0.25, 0.3) is 11.4 Å². The second-order valence-electron chi connectivity index (χ2n) is 6.04. The van der Waals surface area contributed by atoms with Crippen molar-refractivity contribution >= 4 is 27.7 Å². The van der Waals surface area contributed by atoms with Crippen LogP contribution in [0.3, 0.4) is 0 Å². The van der Waals surface area contributed by atoms with Crippen LogP contribution in [-0.4, -0.2) is 27.1 Å². The molecule has 1 saturated carbocycles. The highest BCUT2D eigenvalue weighted by Gasteiger charge is 2.30. The second kappa shape index (κ2) is 7.80. The SMILES string of the molecule is Fc1ccccc1-c1nnc(SCCOc2cccc(Br)c2)n1C1CC1. The Labute approximate surface area is 163 Å². The lowest BCUT2D eigenvalue weighted by atomic mass is 10.2. The minimum absolute atomic E-state index is 0.267. The third-order valence-corrected chi connectivity index (χ3v) is 5.47. The third kappa shape index (κ3) is 3.94. The molecule has 1 aliphatic carbocycles. The first-order valence-electron chi connectivity index (χ1n) is 8.43. The van der Waals surface area contributed by atoms with Crippen molar-refractivity contribution in [2.75, 3.05) is 12.4 Å². The molecule has 0 N–H and O–H groups in total. The van der Waals surface area contributed by atoms with Gasteiger partial charge in [-0.05, 0) is 43.2 Å². The van der Waals surface area contributed by atoms with E-state index in [4.69, 9.17) is 4.74 Å². The van der Waals surface area contributed by atoms with E-state index in [1.54, 1.807) is 23.9 Å². The van der Waals surface area contributed by atoms with Crippen molar-refractivity contribution in [2.45, 2.75) is 24.0 Å². The molecule has 0 aliphatic heterocycles. The Hall–Kier alpha value is -1.86. The molecule has 7 heteroatoms. The Balaban J connectivity index is 1.45. The van der Waals surface area contributed by atoms with E-state index in [1.807, 2.05) is 30.3 Å². The van der Waals surface area contributed by atoms with Crippen molar-refractivity contribution in [2.24, 2.45) is 0 Å². The van der Waals surface area contributed by atoms with Gasteiger partial charge in [0.25, 0.3) is 0 Å². The Morgan fingerprint density at radius 3 is 2.77 bits per heavy atom. The standard InChI is InChI=1S/C19H17BrFN3OS/c20-13-4-3-5-15(12-13)25-10-11-26-19-23-22-18(24(19)14-8-9-14)16-6-1-2-7-17(16)21/h1-7,12,14H,8-11H2. The van der Waals surface area contributed by atoms with Crippen LogP contribution < -0.4 is 4.74 Å². The maximum atomic E-state index is 14.2. The van der Waals surface area contributed by atoms with E-state index in [1.165, 1.54) is 6.07 Å². The summed E-state index contributed by atoms with van der Waals surface area (Å²) in [6.45, 7) is 0.563. The maximum Gasteiger partial charge on any atom is 0.191 e. The van der Waals surface area contributed by atoms with Crippen molar-refractivity contribution in [1.29, 1.82) is 0 Å². The normalized spacial score (nSPS) is 13.8. The molecule has 0 saturated heterocycles. The lowest BCUT2D eigenvalue weighted by Crippen LogP contribution is -2.04. The summed E-state index contributed by atoms with van der Waals surface area (Å²) in [6, 6.07) is 14.9. The van der Waals surface area contributed by atoms with Crippen molar-refractivity contribution < 1.29 is 9.13 Å². The molecule has 0 unspecified atom stereocenters. The van der Waals surface area contributed by atoms with Gasteiger partial charge in [-0.15, -0.1) is 10.2 Å². The number of nitrogens with zero attached hydrogens (tertiary/aromatic N) is 3. The summed E-state index contributed by atoms with van der Waals surface area (Å²) < 4.78 is 23.0. The van der Waals surface area contributed by atoms with E-state index in [9.17, 15) is 4.39 Å². The van der Waals surface area contributed by atoms with Gasteiger partial charge in [-0.2, -0.15) is 0 Å². The summed E-state index contributed by atoms with van der Waals surface area (Å²) in [5, 5.41) is 9.38. The summed E-state index contributed by atoms with van der Waals surface area (Å²) in [4.78, 5) is 0. The van der Waals surface area contributed by atoms with Gasteiger partial charge in [0.05, 0.1) is 12.2 Å². The molecule has 1 aromatic heterocycles. The fourth-order valence-electron chi connectivity index (χ4n) is 2.71. The van der Waals surface area contributed by atoms with E-state index >= 15 is 0 Å². The largest absolute Gasteiger partial charge is 0.493 e. The topological polar surface area (TPSA) is 39.9 Å². The molecule has 134 valence electrons. The first kappa shape index (κ1) is 17.5. The smallest absolute Gasteiger partial charge is 0.191 e. The highest BCUT2D eigenvalue weighted by molar-refractivity contribution is 9.10. The molecule has 0 bridgehead atoms. The summed E-state index contributed by atoms with van der Waals surface area (Å²) in [5.74, 6) is 1.92. The highest BCUT2D eigenvalue weighted by atomic mass is 79.9. The van der Waals surface area contributed by atoms with Gasteiger partial charge < -0.3 is 4.74 Å². The number of hydrogen-bond acceptors (Lipinski definition) is 4. The quantitative estimate of drug-likeness (QED) is 0.371. The van der Waals surface area contributed by atoms with Crippen LogP contribution in [-0.2, 0) is 0 Å². The van der Waals surface area contributed by atoms with Crippen LogP contribution in [0.2, 0.25) is 0 Å². The van der Waals surface area contributed by atoms with Gasteiger partial charge in [0.1, 0.15) is 11.6 Å². The number of halogens is 2. The second-order valence-corrected chi connectivity index (χ2v) is 8.02. The van der Waals surface area contributed by atoms with Crippen LogP contribution >= 0.6 is 27.7 Å². The number of benzene rings is 2. The number of thioether (sulfide) groups is 1. The van der Waals surface area contributed by atoms with E-state index in [0.29, 0.717) is 24.0 Å². The fraction of sp³-hybridized carbons (Fsp3) is 0.263. The molecule has 4 rings (SSSR count). The Morgan fingerprint density at radius 2 is 2.00 bits per heavy atom. The lowest BCUT2D eigenvalue weighted by Gasteiger charge is -2.10. The predicted molar refractivity (Wildman–Crippen MR) is 104 cm³/mol. The molecule has 3 aromatic rings. The number of hydrogen-bond donors (Lipinski definition) is 0. The van der Waals surface area contributed by atoms with Crippen molar-refractivity contribution in [3.05, 3.63) is 58.8 Å². The zero-order chi connectivity index (χ0) is 17.9. The highest BCUT2D eigenvalue weighted by Crippen LogP contribution is 2.41. The molecule has 4 nitrogen and oxygen atoms in total. The summed E-state index contributed by atoms with van der Waals surface area (Å²) in [5.41, 5.74) is 0.504. The first-order chi connectivity index (χ1) is 12.7. The minimum Gasteiger partial charge on any atom is -0.493 e. The van der Waals surface area contributed by atoms with Crippen LogP contribution in [0.15, 0.2) is 58.2 Å². The maximum absolute atomic E-state index is 14.2. The Morgan fingerprint density at radius 1 is 1.15 bits per heavy atom. The molecule has 0 amide bonds. The molecule has 1 fully saturated rings. The molecule has 2 aromatic carbocycles. The van der Waals surface area contributed by atoms with Crippen LogP contribution in [0.4, 0.5) is 4.39 Å². The molecule has 1 heterocycles. The van der Waals surface area contributed by atoms with Gasteiger partial charge in [0, 0.05) is 16.3 Å². The van der Waals surface area contributed by atoms with Crippen molar-refractivity contribution in [3.63, 3.8) is 0 Å². The first-order valence-corrected chi connectivity index (χ1v) is 10.2. The minimum atomic E-state index is -0.267. The zero-order valence-corrected chi connectivity index (χ0v) is 16.3. The van der Waals surface area contributed by atoms with Gasteiger partial charge in [-0.3, -0.25) is 4.57 Å². The summed E-state index contributed by atoms with van der Waals surface area (Å²) in [6.07, 6.45) is 2.17. The van der Waals surface area contributed by atoms with E-state index in [0.717, 1.165) is 34.0 Å². The van der Waals surface area contributed by atoms with E-state index in [-0.39, 0.29) is 5.82 Å². The summed E-state index contributed by atoms with van der Waals surface area (Å²) >= 11 is 5.02. The molecule has 1 aliphatic rings. The monoisotopic (exact) mass is 433 g/mol. The van der Waals surface area contributed by atoms with Crippen molar-refractivity contribution in [3.8, 4) is 17.1 Å². The van der Waals surface area contributed by atoms with Crippen LogP contribution in [0, 0.1) is 5.82 Å². The summed E-state index contributed by atoms with van der Waals surface area (Å²) in [7, 11) is 0. The lowest BCUT2D eigenvalue weighted by molar-refractivity contribution is 0.343. The fourth-order valence-corrected chi connectivity index (χ4v) is 3.91. The third-order valence-electron chi connectivity index (χ3n) is 4.07. The Kier molecular flexibility index (Phi) is 5.26. The predicted octanol–water partition coefficient (Wildman–Crippen LogP) is 5.35. The van der Waals surface area contributed by atoms with E-state index in [2.05, 4.69) is 30.7 Å². The van der Waals surface area contributed by atoms with Crippen LogP contribution in [0.5, 0.6) is 5.75 Å². The van der Waals surface area contributed by atoms with Crippen molar-refractivity contribution in [1.82, 2.24) is 14.8 Å². The molecular formula is C19H17BrFN3OS. The average molecular weight is 434 g/mol. The van der Waals surface area contributed by atoms with Gasteiger partial charge in [0.2, 0.25) is 0 Å². The number of rotatable bonds is 7. The molecule has 0 spiro atoms. The zero-order valence-electron chi connectivity index (χ0n) is 13.9. The Bertz CT molecular complexity index is 913. The van der Waals surface area contributed by atoms with Gasteiger partial charge in [0.15, 0.2) is 11.0 Å². The molecule has 26 heavy (non-hydrogen) atoms. The number of aromatic nitrogens is 3. The molecule has 0 radical (unpaired) electrons. The van der Waals surface area contributed by atoms with Gasteiger partial charge >= 0.3 is 0 Å². The van der Waals surface area contributed by atoms with Crippen LogP contribution in [0.1, 0.15) is 18.9 Å². The average Bonchev–Trinajstić information content (AvgIpc) is 3.39. The van der Waals surface area contributed by atoms with Gasteiger partial charge in [-0.25, -0.2) is 4.39 Å².